The molecule has 0 atom stereocenters. The molecule has 0 N–H and O–H groups in total. The zero-order valence-electron chi connectivity index (χ0n) is 13.8. The highest BCUT2D eigenvalue weighted by atomic mass is 79.9. The Morgan fingerprint density at radius 1 is 0.808 bits per heavy atom. The summed E-state index contributed by atoms with van der Waals surface area (Å²) < 4.78 is 0.964. The number of nitrogens with zero attached hydrogens (tertiary/aromatic N) is 2. The maximum atomic E-state index is 13.1. The quantitative estimate of drug-likeness (QED) is 0.548. The van der Waals surface area contributed by atoms with Gasteiger partial charge in [-0.15, -0.1) is 0 Å². The monoisotopic (exact) mass is 402 g/mol. The molecule has 126 valence electrons. The van der Waals surface area contributed by atoms with Gasteiger partial charge in [0.25, 0.3) is 5.91 Å². The molecule has 1 aliphatic rings. The number of hydrogen-bond acceptors (Lipinski definition) is 2. The molecule has 3 aromatic carbocycles. The predicted octanol–water partition coefficient (Wildman–Crippen LogP) is 5.28. The van der Waals surface area contributed by atoms with E-state index in [0.717, 1.165) is 21.3 Å². The zero-order chi connectivity index (χ0) is 17.9. The van der Waals surface area contributed by atoms with E-state index < -0.39 is 0 Å². The summed E-state index contributed by atoms with van der Waals surface area (Å²) in [4.78, 5) is 19.4. The molecular weight excluding hydrogens is 388 g/mol. The highest BCUT2D eigenvalue weighted by Gasteiger charge is 2.32. The van der Waals surface area contributed by atoms with Crippen molar-refractivity contribution >= 4 is 39.4 Å². The van der Waals surface area contributed by atoms with Gasteiger partial charge in [-0.1, -0.05) is 76.6 Å². The van der Waals surface area contributed by atoms with Crippen molar-refractivity contribution in [3.63, 3.8) is 0 Å². The average Bonchev–Trinajstić information content (AvgIpc) is 3.00. The molecule has 1 aliphatic heterocycles. The number of carbonyl (C=O) groups is 1. The molecule has 0 unspecified atom stereocenters. The van der Waals surface area contributed by atoms with Crippen molar-refractivity contribution in [1.29, 1.82) is 0 Å². The van der Waals surface area contributed by atoms with Gasteiger partial charge in [0.2, 0.25) is 0 Å². The molecule has 0 spiro atoms. The van der Waals surface area contributed by atoms with E-state index in [2.05, 4.69) is 20.9 Å². The van der Waals surface area contributed by atoms with E-state index in [1.807, 2.05) is 91.0 Å². The first-order chi connectivity index (χ1) is 12.7. The minimum absolute atomic E-state index is 0.130. The van der Waals surface area contributed by atoms with Crippen molar-refractivity contribution in [3.05, 3.63) is 106 Å². The molecule has 0 aliphatic carbocycles. The minimum Gasteiger partial charge on any atom is -0.266 e. The summed E-state index contributed by atoms with van der Waals surface area (Å²) in [6.45, 7) is 0. The molecule has 1 heterocycles. The number of halogens is 1. The number of rotatable bonds is 3. The lowest BCUT2D eigenvalue weighted by atomic mass is 10.1. The Hall–Kier alpha value is -2.98. The molecule has 4 rings (SSSR count). The number of carbonyl (C=O) groups excluding carboxylic acids is 1. The maximum absolute atomic E-state index is 13.1. The van der Waals surface area contributed by atoms with Crippen LogP contribution in [-0.2, 0) is 4.79 Å². The van der Waals surface area contributed by atoms with Gasteiger partial charge in [-0.3, -0.25) is 9.69 Å². The molecule has 3 nitrogen and oxygen atoms in total. The SMILES string of the molecule is O=C1/C(=C/c2ccccc2)N=C(c2ccccc2)N1c1ccc(Br)cc1. The Labute approximate surface area is 160 Å². The number of amides is 1. The minimum atomic E-state index is -0.130. The highest BCUT2D eigenvalue weighted by molar-refractivity contribution is 9.10. The van der Waals surface area contributed by atoms with Gasteiger partial charge in [0, 0.05) is 10.0 Å². The van der Waals surface area contributed by atoms with E-state index in [4.69, 9.17) is 0 Å². The lowest BCUT2D eigenvalue weighted by molar-refractivity contribution is -0.113. The van der Waals surface area contributed by atoms with Crippen molar-refractivity contribution < 1.29 is 4.79 Å². The molecule has 0 fully saturated rings. The van der Waals surface area contributed by atoms with E-state index in [9.17, 15) is 4.79 Å². The van der Waals surface area contributed by atoms with Crippen molar-refractivity contribution in [3.8, 4) is 0 Å². The van der Waals surface area contributed by atoms with Gasteiger partial charge in [-0.2, -0.15) is 0 Å². The maximum Gasteiger partial charge on any atom is 0.282 e. The number of anilines is 1. The molecule has 3 aromatic rings. The standard InChI is InChI=1S/C22H15BrN2O/c23-18-11-13-19(14-12-18)25-21(17-9-5-2-6-10-17)24-20(22(25)26)15-16-7-3-1-4-8-16/h1-15H/b20-15-. The van der Waals surface area contributed by atoms with Crippen LogP contribution in [-0.4, -0.2) is 11.7 Å². The number of amidine groups is 1. The normalized spacial score (nSPS) is 15.4. The first kappa shape index (κ1) is 16.5. The van der Waals surface area contributed by atoms with Gasteiger partial charge in [0.15, 0.2) is 0 Å². The summed E-state index contributed by atoms with van der Waals surface area (Å²) in [7, 11) is 0. The lowest BCUT2D eigenvalue weighted by Crippen LogP contribution is -2.32. The van der Waals surface area contributed by atoms with Crippen LogP contribution in [0.5, 0.6) is 0 Å². The van der Waals surface area contributed by atoms with Crippen molar-refractivity contribution in [2.24, 2.45) is 4.99 Å². The molecule has 0 saturated heterocycles. The summed E-state index contributed by atoms with van der Waals surface area (Å²) in [5.41, 5.74) is 3.07. The second-order valence-corrected chi connectivity index (χ2v) is 6.77. The van der Waals surface area contributed by atoms with E-state index in [-0.39, 0.29) is 5.91 Å². The fraction of sp³-hybridized carbons (Fsp3) is 0. The molecule has 4 heteroatoms. The van der Waals surface area contributed by atoms with Gasteiger partial charge in [0.05, 0.1) is 5.69 Å². The average molecular weight is 403 g/mol. The molecule has 1 amide bonds. The Morgan fingerprint density at radius 2 is 1.42 bits per heavy atom. The van der Waals surface area contributed by atoms with Crippen LogP contribution in [0.2, 0.25) is 0 Å². The number of benzene rings is 3. The first-order valence-electron chi connectivity index (χ1n) is 8.23. The molecule has 0 radical (unpaired) electrons. The molecule has 0 aromatic heterocycles. The van der Waals surface area contributed by atoms with Crippen LogP contribution in [0.3, 0.4) is 0 Å². The van der Waals surface area contributed by atoms with E-state index in [1.165, 1.54) is 0 Å². The summed E-state index contributed by atoms with van der Waals surface area (Å²) in [6.07, 6.45) is 1.82. The Morgan fingerprint density at radius 3 is 2.08 bits per heavy atom. The topological polar surface area (TPSA) is 32.7 Å². The summed E-state index contributed by atoms with van der Waals surface area (Å²) in [6, 6.07) is 27.2. The largest absolute Gasteiger partial charge is 0.282 e. The third-order valence-corrected chi connectivity index (χ3v) is 4.61. The van der Waals surface area contributed by atoms with E-state index >= 15 is 0 Å². The highest BCUT2D eigenvalue weighted by Crippen LogP contribution is 2.28. The van der Waals surface area contributed by atoms with Crippen molar-refractivity contribution in [2.45, 2.75) is 0 Å². The fourth-order valence-electron chi connectivity index (χ4n) is 2.83. The molecule has 0 saturated carbocycles. The Balaban J connectivity index is 1.82. The fourth-order valence-corrected chi connectivity index (χ4v) is 3.10. The van der Waals surface area contributed by atoms with Crippen LogP contribution < -0.4 is 4.90 Å². The summed E-state index contributed by atoms with van der Waals surface area (Å²) in [5.74, 6) is 0.509. The van der Waals surface area contributed by atoms with Crippen LogP contribution in [0.15, 0.2) is 100 Å². The third kappa shape index (κ3) is 3.24. The first-order valence-corrected chi connectivity index (χ1v) is 9.02. The van der Waals surface area contributed by atoms with Gasteiger partial charge in [-0.25, -0.2) is 4.99 Å². The van der Waals surface area contributed by atoms with Gasteiger partial charge in [-0.05, 0) is 35.9 Å². The molecule has 26 heavy (non-hydrogen) atoms. The molecular formula is C22H15BrN2O. The van der Waals surface area contributed by atoms with Crippen LogP contribution in [0.1, 0.15) is 11.1 Å². The van der Waals surface area contributed by atoms with Crippen molar-refractivity contribution in [1.82, 2.24) is 0 Å². The third-order valence-electron chi connectivity index (χ3n) is 4.08. The lowest BCUT2D eigenvalue weighted by Gasteiger charge is -2.18. The van der Waals surface area contributed by atoms with Gasteiger partial charge in [0.1, 0.15) is 11.5 Å². The smallest absolute Gasteiger partial charge is 0.266 e. The van der Waals surface area contributed by atoms with Crippen LogP contribution in [0.4, 0.5) is 5.69 Å². The zero-order valence-corrected chi connectivity index (χ0v) is 15.4. The van der Waals surface area contributed by atoms with E-state index in [0.29, 0.717) is 11.5 Å². The van der Waals surface area contributed by atoms with Gasteiger partial charge < -0.3 is 0 Å². The van der Waals surface area contributed by atoms with Gasteiger partial charge >= 0.3 is 0 Å². The van der Waals surface area contributed by atoms with Crippen LogP contribution in [0.25, 0.3) is 6.08 Å². The predicted molar refractivity (Wildman–Crippen MR) is 109 cm³/mol. The Bertz CT molecular complexity index is 993. The van der Waals surface area contributed by atoms with Crippen LogP contribution >= 0.6 is 15.9 Å². The Kier molecular flexibility index (Phi) is 4.50. The molecule has 0 bridgehead atoms. The second kappa shape index (κ2) is 7.10. The summed E-state index contributed by atoms with van der Waals surface area (Å²) in [5, 5.41) is 0. The second-order valence-electron chi connectivity index (χ2n) is 5.86. The number of aliphatic imine (C=N–C) groups is 1. The summed E-state index contributed by atoms with van der Waals surface area (Å²) >= 11 is 3.44. The van der Waals surface area contributed by atoms with Crippen molar-refractivity contribution in [2.75, 3.05) is 4.90 Å². The van der Waals surface area contributed by atoms with E-state index in [1.54, 1.807) is 4.90 Å². The number of hydrogen-bond donors (Lipinski definition) is 0. The van der Waals surface area contributed by atoms with Crippen LogP contribution in [0, 0.1) is 0 Å².